The second kappa shape index (κ2) is 5.23. The molecule has 18 heavy (non-hydrogen) atoms. The van der Waals surface area contributed by atoms with Crippen molar-refractivity contribution in [2.24, 2.45) is 0 Å². The third kappa shape index (κ3) is 2.71. The van der Waals surface area contributed by atoms with Gasteiger partial charge < -0.3 is 10.5 Å². The molecule has 0 unspecified atom stereocenters. The molecule has 0 aliphatic carbocycles. The Labute approximate surface area is 108 Å². The van der Waals surface area contributed by atoms with Crippen LogP contribution in [0.15, 0.2) is 36.4 Å². The number of anilines is 1. The zero-order chi connectivity index (χ0) is 13.1. The lowest BCUT2D eigenvalue weighted by Crippen LogP contribution is -2.02. The van der Waals surface area contributed by atoms with E-state index in [4.69, 9.17) is 22.1 Å². The van der Waals surface area contributed by atoms with Crippen molar-refractivity contribution < 1.29 is 13.5 Å². The van der Waals surface area contributed by atoms with E-state index in [9.17, 15) is 8.78 Å². The molecular weight excluding hydrogens is 260 g/mol. The van der Waals surface area contributed by atoms with Crippen molar-refractivity contribution in [3.8, 4) is 5.75 Å². The monoisotopic (exact) mass is 269 g/mol. The molecule has 2 N–H and O–H groups in total. The Morgan fingerprint density at radius 3 is 2.56 bits per heavy atom. The molecule has 0 aromatic heterocycles. The Morgan fingerprint density at radius 2 is 1.89 bits per heavy atom. The minimum atomic E-state index is -0.579. The molecule has 0 aliphatic rings. The molecule has 0 fully saturated rings. The third-order valence-electron chi connectivity index (χ3n) is 2.38. The Hall–Kier alpha value is -1.81. The molecule has 0 radical (unpaired) electrons. The first-order valence-electron chi connectivity index (χ1n) is 5.18. The summed E-state index contributed by atoms with van der Waals surface area (Å²) in [4.78, 5) is 0. The number of nitrogen functional groups attached to an aromatic ring is 1. The second-order valence-corrected chi connectivity index (χ2v) is 4.12. The van der Waals surface area contributed by atoms with E-state index in [1.165, 1.54) is 36.4 Å². The number of hydrogen-bond acceptors (Lipinski definition) is 2. The molecule has 0 amide bonds. The first kappa shape index (κ1) is 12.6. The van der Waals surface area contributed by atoms with Gasteiger partial charge in [-0.3, -0.25) is 0 Å². The molecule has 0 spiro atoms. The van der Waals surface area contributed by atoms with Gasteiger partial charge in [0, 0.05) is 10.6 Å². The Balaban J connectivity index is 2.16. The molecule has 0 saturated heterocycles. The topological polar surface area (TPSA) is 35.2 Å². The van der Waals surface area contributed by atoms with Gasteiger partial charge in [0.1, 0.15) is 12.4 Å². The summed E-state index contributed by atoms with van der Waals surface area (Å²) < 4.78 is 32.1. The summed E-state index contributed by atoms with van der Waals surface area (Å²) >= 11 is 5.62. The molecule has 0 saturated carbocycles. The first-order valence-corrected chi connectivity index (χ1v) is 5.56. The van der Waals surface area contributed by atoms with Gasteiger partial charge in [-0.2, -0.15) is 0 Å². The fourth-order valence-corrected chi connectivity index (χ4v) is 1.63. The number of ether oxygens (including phenoxy) is 1. The molecule has 2 aromatic carbocycles. The van der Waals surface area contributed by atoms with E-state index in [0.717, 1.165) is 0 Å². The quantitative estimate of drug-likeness (QED) is 0.861. The van der Waals surface area contributed by atoms with E-state index in [1.54, 1.807) is 0 Å². The SMILES string of the molecule is Nc1cccc(F)c1OCc1ccc(Cl)cc1F. The van der Waals surface area contributed by atoms with Gasteiger partial charge in [-0.25, -0.2) is 8.78 Å². The summed E-state index contributed by atoms with van der Waals surface area (Å²) in [5, 5.41) is 0.293. The molecule has 2 rings (SSSR count). The molecule has 0 aliphatic heterocycles. The normalized spacial score (nSPS) is 10.4. The zero-order valence-corrected chi connectivity index (χ0v) is 10.0. The highest BCUT2D eigenvalue weighted by molar-refractivity contribution is 6.30. The van der Waals surface area contributed by atoms with Crippen LogP contribution in [0.5, 0.6) is 5.75 Å². The maximum absolute atomic E-state index is 13.5. The molecule has 2 aromatic rings. The van der Waals surface area contributed by atoms with Crippen LogP contribution in [0.25, 0.3) is 0 Å². The van der Waals surface area contributed by atoms with Crippen molar-refractivity contribution in [1.29, 1.82) is 0 Å². The van der Waals surface area contributed by atoms with Crippen LogP contribution < -0.4 is 10.5 Å². The van der Waals surface area contributed by atoms with Crippen LogP contribution >= 0.6 is 11.6 Å². The summed E-state index contributed by atoms with van der Waals surface area (Å²) in [5.74, 6) is -1.16. The van der Waals surface area contributed by atoms with Gasteiger partial charge in [-0.15, -0.1) is 0 Å². The van der Waals surface area contributed by atoms with Gasteiger partial charge in [0.15, 0.2) is 11.6 Å². The molecule has 2 nitrogen and oxygen atoms in total. The Bertz CT molecular complexity index is 555. The van der Waals surface area contributed by atoms with E-state index in [1.807, 2.05) is 0 Å². The van der Waals surface area contributed by atoms with Gasteiger partial charge >= 0.3 is 0 Å². The van der Waals surface area contributed by atoms with Gasteiger partial charge in [0.25, 0.3) is 0 Å². The van der Waals surface area contributed by atoms with E-state index in [2.05, 4.69) is 0 Å². The fraction of sp³-hybridized carbons (Fsp3) is 0.0769. The highest BCUT2D eigenvalue weighted by Gasteiger charge is 2.09. The van der Waals surface area contributed by atoms with Crippen molar-refractivity contribution in [1.82, 2.24) is 0 Å². The van der Waals surface area contributed by atoms with Crippen LogP contribution in [0, 0.1) is 11.6 Å². The van der Waals surface area contributed by atoms with Crippen molar-refractivity contribution in [2.75, 3.05) is 5.73 Å². The average molecular weight is 270 g/mol. The van der Waals surface area contributed by atoms with Crippen LogP contribution in [-0.2, 0) is 6.61 Å². The minimum absolute atomic E-state index is 0.0770. The molecular formula is C13H10ClF2NO. The van der Waals surface area contributed by atoms with Gasteiger partial charge in [-0.1, -0.05) is 23.7 Å². The van der Waals surface area contributed by atoms with Gasteiger partial charge in [0.2, 0.25) is 0 Å². The van der Waals surface area contributed by atoms with Crippen LogP contribution in [0.3, 0.4) is 0 Å². The van der Waals surface area contributed by atoms with E-state index in [0.29, 0.717) is 5.02 Å². The maximum atomic E-state index is 13.5. The number of rotatable bonds is 3. The van der Waals surface area contributed by atoms with Crippen LogP contribution in [0.1, 0.15) is 5.56 Å². The Kier molecular flexibility index (Phi) is 3.67. The summed E-state index contributed by atoms with van der Waals surface area (Å²) in [7, 11) is 0. The highest BCUT2D eigenvalue weighted by atomic mass is 35.5. The number of nitrogens with two attached hydrogens (primary N) is 1. The van der Waals surface area contributed by atoms with E-state index >= 15 is 0 Å². The standard InChI is InChI=1S/C13H10ClF2NO/c14-9-5-4-8(11(16)6-9)7-18-13-10(15)2-1-3-12(13)17/h1-6H,7,17H2. The van der Waals surface area contributed by atoms with E-state index < -0.39 is 11.6 Å². The van der Waals surface area contributed by atoms with Crippen LogP contribution in [0.2, 0.25) is 5.02 Å². The van der Waals surface area contributed by atoms with Crippen molar-refractivity contribution >= 4 is 17.3 Å². The molecule has 0 atom stereocenters. The largest absolute Gasteiger partial charge is 0.484 e. The van der Waals surface area contributed by atoms with Crippen LogP contribution in [-0.4, -0.2) is 0 Å². The predicted molar refractivity (Wildman–Crippen MR) is 66.6 cm³/mol. The van der Waals surface area contributed by atoms with Gasteiger partial charge in [0.05, 0.1) is 5.69 Å². The average Bonchev–Trinajstić information content (AvgIpc) is 2.31. The summed E-state index contributed by atoms with van der Waals surface area (Å²) in [6.45, 7) is -0.117. The molecule has 0 bridgehead atoms. The van der Waals surface area contributed by atoms with Crippen molar-refractivity contribution in [2.45, 2.75) is 6.61 Å². The number of benzene rings is 2. The van der Waals surface area contributed by atoms with E-state index in [-0.39, 0.29) is 23.6 Å². The summed E-state index contributed by atoms with van der Waals surface area (Å²) in [5.41, 5.74) is 6.02. The van der Waals surface area contributed by atoms with Crippen LogP contribution in [0.4, 0.5) is 14.5 Å². The molecule has 94 valence electrons. The highest BCUT2D eigenvalue weighted by Crippen LogP contribution is 2.26. The van der Waals surface area contributed by atoms with Gasteiger partial charge in [-0.05, 0) is 24.3 Å². The molecule has 0 heterocycles. The lowest BCUT2D eigenvalue weighted by Gasteiger charge is -2.10. The number of para-hydroxylation sites is 1. The Morgan fingerprint density at radius 1 is 1.11 bits per heavy atom. The maximum Gasteiger partial charge on any atom is 0.178 e. The fourth-order valence-electron chi connectivity index (χ4n) is 1.47. The summed E-state index contributed by atoms with van der Waals surface area (Å²) in [6.07, 6.45) is 0. The lowest BCUT2D eigenvalue weighted by atomic mass is 10.2. The zero-order valence-electron chi connectivity index (χ0n) is 9.29. The second-order valence-electron chi connectivity index (χ2n) is 3.68. The minimum Gasteiger partial charge on any atom is -0.484 e. The molecule has 5 heteroatoms. The summed E-state index contributed by atoms with van der Waals surface area (Å²) in [6, 6.07) is 8.40. The van der Waals surface area contributed by atoms with Crippen molar-refractivity contribution in [3.63, 3.8) is 0 Å². The lowest BCUT2D eigenvalue weighted by molar-refractivity contribution is 0.286. The smallest absolute Gasteiger partial charge is 0.178 e. The van der Waals surface area contributed by atoms with Crippen molar-refractivity contribution in [3.05, 3.63) is 58.6 Å². The predicted octanol–water partition coefficient (Wildman–Crippen LogP) is 3.78. The number of halogens is 3. The number of hydrogen-bond donors (Lipinski definition) is 1. The third-order valence-corrected chi connectivity index (χ3v) is 2.62. The first-order chi connectivity index (χ1) is 8.58.